The number of aromatic nitrogens is 2. The van der Waals surface area contributed by atoms with E-state index in [0.717, 1.165) is 31.8 Å². The lowest BCUT2D eigenvalue weighted by Crippen LogP contribution is -2.44. The van der Waals surface area contributed by atoms with Crippen LogP contribution >= 0.6 is 0 Å². The number of nitrogens with zero attached hydrogens (tertiary/aromatic N) is 3. The maximum Gasteiger partial charge on any atom is 0.131 e. The molecule has 0 amide bonds. The Morgan fingerprint density at radius 3 is 2.72 bits per heavy atom. The highest BCUT2D eigenvalue weighted by Crippen LogP contribution is 2.25. The highest BCUT2D eigenvalue weighted by molar-refractivity contribution is 5.21. The van der Waals surface area contributed by atoms with Crippen LogP contribution in [-0.2, 0) is 13.0 Å². The molecule has 1 aliphatic rings. The zero-order valence-corrected chi connectivity index (χ0v) is 12.3. The van der Waals surface area contributed by atoms with Crippen LogP contribution in [0.1, 0.15) is 64.0 Å². The third kappa shape index (κ3) is 2.72. The van der Waals surface area contributed by atoms with Crippen molar-refractivity contribution in [3.8, 4) is 0 Å². The maximum atomic E-state index is 4.76. The van der Waals surface area contributed by atoms with Crippen molar-refractivity contribution >= 4 is 0 Å². The van der Waals surface area contributed by atoms with Gasteiger partial charge in [0.1, 0.15) is 5.82 Å². The molecule has 3 heteroatoms. The lowest BCUT2D eigenvalue weighted by molar-refractivity contribution is 0.119. The SMILES string of the molecule is CCC(C)c1ncc2c(n1)CCN(C(C)(C)C)C2. The largest absolute Gasteiger partial charge is 0.294 e. The normalized spacial score (nSPS) is 18.5. The molecule has 0 aliphatic carbocycles. The molecule has 0 radical (unpaired) electrons. The molecule has 0 fully saturated rings. The van der Waals surface area contributed by atoms with Gasteiger partial charge in [0.15, 0.2) is 0 Å². The molecule has 100 valence electrons. The first-order valence-electron chi connectivity index (χ1n) is 7.01. The van der Waals surface area contributed by atoms with Gasteiger partial charge in [-0.1, -0.05) is 13.8 Å². The second kappa shape index (κ2) is 4.96. The van der Waals surface area contributed by atoms with Gasteiger partial charge >= 0.3 is 0 Å². The van der Waals surface area contributed by atoms with Crippen molar-refractivity contribution in [2.75, 3.05) is 6.54 Å². The third-order valence-corrected chi connectivity index (χ3v) is 3.95. The van der Waals surface area contributed by atoms with Crippen LogP contribution in [0.4, 0.5) is 0 Å². The van der Waals surface area contributed by atoms with Gasteiger partial charge in [-0.3, -0.25) is 4.90 Å². The lowest BCUT2D eigenvalue weighted by atomic mass is 9.99. The number of rotatable bonds is 2. The molecule has 0 bridgehead atoms. The standard InChI is InChI=1S/C15H25N3/c1-6-11(2)14-16-9-12-10-18(15(3,4)5)8-7-13(12)17-14/h9,11H,6-8,10H2,1-5H3. The highest BCUT2D eigenvalue weighted by Gasteiger charge is 2.26. The molecule has 0 saturated heterocycles. The molecule has 18 heavy (non-hydrogen) atoms. The van der Waals surface area contributed by atoms with Gasteiger partial charge in [0.2, 0.25) is 0 Å². The predicted molar refractivity (Wildman–Crippen MR) is 74.6 cm³/mol. The quantitative estimate of drug-likeness (QED) is 0.804. The van der Waals surface area contributed by atoms with E-state index in [4.69, 9.17) is 4.98 Å². The number of hydrogen-bond donors (Lipinski definition) is 0. The maximum absolute atomic E-state index is 4.76. The molecule has 1 aromatic rings. The van der Waals surface area contributed by atoms with E-state index in [9.17, 15) is 0 Å². The average molecular weight is 247 g/mol. The van der Waals surface area contributed by atoms with Crippen molar-refractivity contribution in [1.82, 2.24) is 14.9 Å². The van der Waals surface area contributed by atoms with E-state index in [-0.39, 0.29) is 5.54 Å². The van der Waals surface area contributed by atoms with Gasteiger partial charge in [0.05, 0.1) is 0 Å². The first-order chi connectivity index (χ1) is 8.41. The summed E-state index contributed by atoms with van der Waals surface area (Å²) in [5.41, 5.74) is 2.80. The van der Waals surface area contributed by atoms with Crippen LogP contribution in [0, 0.1) is 0 Å². The van der Waals surface area contributed by atoms with E-state index in [1.165, 1.54) is 11.3 Å². The molecule has 1 unspecified atom stereocenters. The first-order valence-corrected chi connectivity index (χ1v) is 7.01. The Kier molecular flexibility index (Phi) is 3.71. The third-order valence-electron chi connectivity index (χ3n) is 3.95. The fourth-order valence-corrected chi connectivity index (χ4v) is 2.32. The Labute approximate surface area is 111 Å². The molecule has 2 rings (SSSR count). The molecule has 3 nitrogen and oxygen atoms in total. The lowest BCUT2D eigenvalue weighted by Gasteiger charge is -2.38. The first kappa shape index (κ1) is 13.5. The van der Waals surface area contributed by atoms with Crippen LogP contribution in [-0.4, -0.2) is 27.0 Å². The average Bonchev–Trinajstić information content (AvgIpc) is 2.35. The van der Waals surface area contributed by atoms with E-state index < -0.39 is 0 Å². The van der Waals surface area contributed by atoms with Crippen molar-refractivity contribution in [1.29, 1.82) is 0 Å². The smallest absolute Gasteiger partial charge is 0.131 e. The molecule has 1 aromatic heterocycles. The van der Waals surface area contributed by atoms with Crippen molar-refractivity contribution < 1.29 is 0 Å². The van der Waals surface area contributed by atoms with Gasteiger partial charge < -0.3 is 0 Å². The van der Waals surface area contributed by atoms with E-state index in [1.807, 2.05) is 6.20 Å². The fourth-order valence-electron chi connectivity index (χ4n) is 2.32. The van der Waals surface area contributed by atoms with Crippen LogP contribution in [0.15, 0.2) is 6.20 Å². The van der Waals surface area contributed by atoms with Crippen LogP contribution in [0.3, 0.4) is 0 Å². The monoisotopic (exact) mass is 247 g/mol. The highest BCUT2D eigenvalue weighted by atomic mass is 15.2. The molecule has 1 aliphatic heterocycles. The molecular formula is C15H25N3. The second-order valence-electron chi connectivity index (χ2n) is 6.35. The second-order valence-corrected chi connectivity index (χ2v) is 6.35. The van der Waals surface area contributed by atoms with Crippen LogP contribution in [0.5, 0.6) is 0 Å². The summed E-state index contributed by atoms with van der Waals surface area (Å²) >= 11 is 0. The number of hydrogen-bond acceptors (Lipinski definition) is 3. The zero-order valence-electron chi connectivity index (χ0n) is 12.3. The van der Waals surface area contributed by atoms with E-state index in [2.05, 4.69) is 44.5 Å². The molecule has 2 heterocycles. The molecule has 0 N–H and O–H groups in total. The summed E-state index contributed by atoms with van der Waals surface area (Å²) in [6.45, 7) is 13.3. The Balaban J connectivity index is 2.21. The van der Waals surface area contributed by atoms with Crippen LogP contribution < -0.4 is 0 Å². The van der Waals surface area contributed by atoms with Crippen molar-refractivity contribution in [2.45, 2.75) is 65.5 Å². The summed E-state index contributed by atoms with van der Waals surface area (Å²) < 4.78 is 0. The molecule has 0 aromatic carbocycles. The van der Waals surface area contributed by atoms with Gasteiger partial charge in [-0.2, -0.15) is 0 Å². The van der Waals surface area contributed by atoms with Crippen LogP contribution in [0.25, 0.3) is 0 Å². The summed E-state index contributed by atoms with van der Waals surface area (Å²) in [5.74, 6) is 1.48. The van der Waals surface area contributed by atoms with Crippen molar-refractivity contribution in [3.63, 3.8) is 0 Å². The minimum Gasteiger partial charge on any atom is -0.294 e. The van der Waals surface area contributed by atoms with Crippen LogP contribution in [0.2, 0.25) is 0 Å². The van der Waals surface area contributed by atoms with Crippen molar-refractivity contribution in [2.24, 2.45) is 0 Å². The minimum absolute atomic E-state index is 0.229. The Bertz CT molecular complexity index is 420. The topological polar surface area (TPSA) is 29.0 Å². The Morgan fingerprint density at radius 2 is 2.11 bits per heavy atom. The van der Waals surface area contributed by atoms with Gasteiger partial charge in [0, 0.05) is 48.4 Å². The van der Waals surface area contributed by atoms with E-state index in [0.29, 0.717) is 5.92 Å². The summed E-state index contributed by atoms with van der Waals surface area (Å²) in [5, 5.41) is 0. The van der Waals surface area contributed by atoms with Gasteiger partial charge in [-0.15, -0.1) is 0 Å². The number of fused-ring (bicyclic) bond motifs is 1. The minimum atomic E-state index is 0.229. The Morgan fingerprint density at radius 1 is 1.39 bits per heavy atom. The fraction of sp³-hybridized carbons (Fsp3) is 0.733. The Hall–Kier alpha value is -0.960. The van der Waals surface area contributed by atoms with E-state index in [1.54, 1.807) is 0 Å². The summed E-state index contributed by atoms with van der Waals surface area (Å²) in [4.78, 5) is 11.8. The summed E-state index contributed by atoms with van der Waals surface area (Å²) in [6, 6.07) is 0. The van der Waals surface area contributed by atoms with Gasteiger partial charge in [0.25, 0.3) is 0 Å². The summed E-state index contributed by atoms with van der Waals surface area (Å²) in [6.07, 6.45) is 4.20. The predicted octanol–water partition coefficient (Wildman–Crippen LogP) is 3.15. The summed E-state index contributed by atoms with van der Waals surface area (Å²) in [7, 11) is 0. The zero-order chi connectivity index (χ0) is 13.3. The molecule has 1 atom stereocenters. The van der Waals surface area contributed by atoms with Gasteiger partial charge in [-0.25, -0.2) is 9.97 Å². The van der Waals surface area contributed by atoms with Crippen molar-refractivity contribution in [3.05, 3.63) is 23.3 Å². The molecule has 0 spiro atoms. The molecular weight excluding hydrogens is 222 g/mol. The van der Waals surface area contributed by atoms with Gasteiger partial charge in [-0.05, 0) is 27.2 Å². The molecule has 0 saturated carbocycles. The van der Waals surface area contributed by atoms with E-state index >= 15 is 0 Å².